The summed E-state index contributed by atoms with van der Waals surface area (Å²) in [6.45, 7) is 8.10. The van der Waals surface area contributed by atoms with Crippen LogP contribution in [-0.2, 0) is 9.47 Å². The molecule has 0 fully saturated rings. The Hall–Kier alpha value is -1.56. The number of aromatic nitrogens is 1. The molecule has 0 spiro atoms. The van der Waals surface area contributed by atoms with E-state index in [1.54, 1.807) is 6.92 Å². The molecule has 0 atom stereocenters. The second-order valence-electron chi connectivity index (χ2n) is 4.15. The Bertz CT molecular complexity index is 363. The zero-order valence-corrected chi connectivity index (χ0v) is 11.1. The van der Waals surface area contributed by atoms with Crippen molar-refractivity contribution in [1.82, 2.24) is 4.98 Å². The van der Waals surface area contributed by atoms with Crippen LogP contribution in [0.15, 0.2) is 10.7 Å². The minimum absolute atomic E-state index is 0.169. The summed E-state index contributed by atoms with van der Waals surface area (Å²) in [6.07, 6.45) is 1.27. The van der Waals surface area contributed by atoms with Crippen LogP contribution >= 0.6 is 0 Å². The number of esters is 1. The van der Waals surface area contributed by atoms with E-state index in [0.717, 1.165) is 6.61 Å². The van der Waals surface area contributed by atoms with Crippen LogP contribution in [0.4, 0.5) is 6.01 Å². The lowest BCUT2D eigenvalue weighted by Gasteiger charge is -2.06. The van der Waals surface area contributed by atoms with Crippen LogP contribution in [0.3, 0.4) is 0 Å². The fraction of sp³-hybridized carbons (Fsp3) is 0.667. The number of oxazole rings is 1. The molecular formula is C12H20N2O4. The van der Waals surface area contributed by atoms with Crippen LogP contribution in [0.5, 0.6) is 0 Å². The largest absolute Gasteiger partial charge is 0.461 e. The van der Waals surface area contributed by atoms with Crippen molar-refractivity contribution in [3.63, 3.8) is 0 Å². The smallest absolute Gasteiger partial charge is 0.360 e. The van der Waals surface area contributed by atoms with Gasteiger partial charge in [0.25, 0.3) is 6.01 Å². The molecule has 1 heterocycles. The van der Waals surface area contributed by atoms with Gasteiger partial charge in [-0.25, -0.2) is 4.79 Å². The van der Waals surface area contributed by atoms with Gasteiger partial charge in [-0.3, -0.25) is 0 Å². The first-order valence-corrected chi connectivity index (χ1v) is 6.07. The van der Waals surface area contributed by atoms with Crippen molar-refractivity contribution >= 4 is 12.0 Å². The summed E-state index contributed by atoms with van der Waals surface area (Å²) in [5.74, 6) is 0.0347. The Morgan fingerprint density at radius 1 is 1.56 bits per heavy atom. The Kier molecular flexibility index (Phi) is 6.21. The molecule has 0 radical (unpaired) electrons. The molecule has 0 aliphatic carbocycles. The Morgan fingerprint density at radius 2 is 2.33 bits per heavy atom. The lowest BCUT2D eigenvalue weighted by atomic mass is 10.2. The molecule has 1 aromatic rings. The first-order valence-electron chi connectivity index (χ1n) is 6.07. The second-order valence-corrected chi connectivity index (χ2v) is 4.15. The summed E-state index contributed by atoms with van der Waals surface area (Å²) in [4.78, 5) is 15.3. The molecular weight excluding hydrogens is 236 g/mol. The van der Waals surface area contributed by atoms with Gasteiger partial charge in [0.15, 0.2) is 5.69 Å². The summed E-state index contributed by atoms with van der Waals surface area (Å²) in [6, 6.07) is 0.297. The third kappa shape index (κ3) is 5.18. The van der Waals surface area contributed by atoms with Gasteiger partial charge < -0.3 is 19.2 Å². The van der Waals surface area contributed by atoms with Crippen molar-refractivity contribution in [1.29, 1.82) is 0 Å². The lowest BCUT2D eigenvalue weighted by Crippen LogP contribution is -2.12. The van der Waals surface area contributed by atoms with Crippen LogP contribution in [-0.4, -0.2) is 37.3 Å². The van der Waals surface area contributed by atoms with Crippen molar-refractivity contribution in [3.8, 4) is 0 Å². The van der Waals surface area contributed by atoms with E-state index in [-0.39, 0.29) is 5.69 Å². The minimum atomic E-state index is -0.481. The van der Waals surface area contributed by atoms with Gasteiger partial charge in [-0.05, 0) is 12.8 Å². The first kappa shape index (κ1) is 14.5. The maximum atomic E-state index is 11.3. The zero-order chi connectivity index (χ0) is 13.4. The van der Waals surface area contributed by atoms with Crippen molar-refractivity contribution in [2.45, 2.75) is 20.8 Å². The number of rotatable bonds is 8. The molecule has 1 rings (SSSR count). The van der Waals surface area contributed by atoms with Crippen molar-refractivity contribution in [3.05, 3.63) is 12.0 Å². The monoisotopic (exact) mass is 256 g/mol. The highest BCUT2D eigenvalue weighted by molar-refractivity contribution is 5.87. The average Bonchev–Trinajstić information content (AvgIpc) is 2.77. The quantitative estimate of drug-likeness (QED) is 0.566. The molecule has 6 heteroatoms. The Morgan fingerprint density at radius 3 is 3.00 bits per heavy atom. The fourth-order valence-electron chi connectivity index (χ4n) is 1.20. The predicted octanol–water partition coefficient (Wildman–Crippen LogP) is 1.94. The molecule has 0 unspecified atom stereocenters. The molecule has 0 aromatic carbocycles. The average molecular weight is 256 g/mol. The third-order valence-electron chi connectivity index (χ3n) is 1.96. The number of nitrogens with zero attached hydrogens (tertiary/aromatic N) is 1. The predicted molar refractivity (Wildman–Crippen MR) is 66.6 cm³/mol. The number of hydrogen-bond acceptors (Lipinski definition) is 6. The van der Waals surface area contributed by atoms with Crippen LogP contribution in [0, 0.1) is 5.92 Å². The molecule has 0 aliphatic rings. The summed E-state index contributed by atoms with van der Waals surface area (Å²) >= 11 is 0. The van der Waals surface area contributed by atoms with E-state index in [1.807, 2.05) is 0 Å². The second kappa shape index (κ2) is 7.71. The normalized spacial score (nSPS) is 10.7. The lowest BCUT2D eigenvalue weighted by molar-refractivity contribution is 0.0519. The summed E-state index contributed by atoms with van der Waals surface area (Å²) in [5, 5.41) is 2.93. The number of nitrogens with one attached hydrogen (secondary N) is 1. The molecule has 102 valence electrons. The Labute approximate surface area is 107 Å². The van der Waals surface area contributed by atoms with Gasteiger partial charge in [-0.2, -0.15) is 4.98 Å². The van der Waals surface area contributed by atoms with E-state index in [9.17, 15) is 4.79 Å². The zero-order valence-electron chi connectivity index (χ0n) is 11.1. The standard InChI is InChI=1S/C12H20N2O4/c1-4-17-11(15)10-8-18-12(14-10)13-5-6-16-7-9(2)3/h8-9H,4-7H2,1-3H3,(H,13,14). The van der Waals surface area contributed by atoms with Gasteiger partial charge in [0.05, 0.1) is 13.2 Å². The van der Waals surface area contributed by atoms with E-state index in [1.165, 1.54) is 6.26 Å². The molecule has 0 amide bonds. The molecule has 18 heavy (non-hydrogen) atoms. The van der Waals surface area contributed by atoms with Crippen LogP contribution < -0.4 is 5.32 Å². The van der Waals surface area contributed by atoms with E-state index >= 15 is 0 Å². The number of hydrogen-bond donors (Lipinski definition) is 1. The first-order chi connectivity index (χ1) is 8.63. The Balaban J connectivity index is 2.25. The number of ether oxygens (including phenoxy) is 2. The van der Waals surface area contributed by atoms with Gasteiger partial charge in [-0.15, -0.1) is 0 Å². The van der Waals surface area contributed by atoms with E-state index < -0.39 is 5.97 Å². The van der Waals surface area contributed by atoms with Gasteiger partial charge in [0.2, 0.25) is 0 Å². The molecule has 0 saturated carbocycles. The van der Waals surface area contributed by atoms with Crippen molar-refractivity contribution in [2.24, 2.45) is 5.92 Å². The van der Waals surface area contributed by atoms with Crippen LogP contribution in [0.2, 0.25) is 0 Å². The third-order valence-corrected chi connectivity index (χ3v) is 1.96. The molecule has 1 N–H and O–H groups in total. The van der Waals surface area contributed by atoms with Gasteiger partial charge in [-0.1, -0.05) is 13.8 Å². The van der Waals surface area contributed by atoms with E-state index in [4.69, 9.17) is 13.9 Å². The molecule has 1 aromatic heterocycles. The highest BCUT2D eigenvalue weighted by atomic mass is 16.5. The van der Waals surface area contributed by atoms with E-state index in [0.29, 0.717) is 31.7 Å². The van der Waals surface area contributed by atoms with Crippen molar-refractivity contribution in [2.75, 3.05) is 31.7 Å². The molecule has 0 bridgehead atoms. The highest BCUT2D eigenvalue weighted by Gasteiger charge is 2.12. The number of carbonyl (C=O) groups excluding carboxylic acids is 1. The number of anilines is 1. The maximum absolute atomic E-state index is 11.3. The highest BCUT2D eigenvalue weighted by Crippen LogP contribution is 2.08. The van der Waals surface area contributed by atoms with Gasteiger partial charge in [0, 0.05) is 13.2 Å². The minimum Gasteiger partial charge on any atom is -0.461 e. The van der Waals surface area contributed by atoms with Crippen LogP contribution in [0.25, 0.3) is 0 Å². The topological polar surface area (TPSA) is 73.6 Å². The van der Waals surface area contributed by atoms with Gasteiger partial charge >= 0.3 is 5.97 Å². The molecule has 0 aliphatic heterocycles. The molecule has 0 saturated heterocycles. The van der Waals surface area contributed by atoms with E-state index in [2.05, 4.69) is 24.1 Å². The van der Waals surface area contributed by atoms with Crippen molar-refractivity contribution < 1.29 is 18.7 Å². The summed E-state index contributed by atoms with van der Waals surface area (Å²) < 4.78 is 15.3. The molecule has 6 nitrogen and oxygen atoms in total. The summed E-state index contributed by atoms with van der Waals surface area (Å²) in [7, 11) is 0. The summed E-state index contributed by atoms with van der Waals surface area (Å²) in [5.41, 5.74) is 0.169. The maximum Gasteiger partial charge on any atom is 0.360 e. The SMILES string of the molecule is CCOC(=O)c1coc(NCCOCC(C)C)n1. The fourth-order valence-corrected chi connectivity index (χ4v) is 1.20. The number of carbonyl (C=O) groups is 1. The van der Waals surface area contributed by atoms with Crippen LogP contribution in [0.1, 0.15) is 31.3 Å². The van der Waals surface area contributed by atoms with Gasteiger partial charge in [0.1, 0.15) is 6.26 Å².